The van der Waals surface area contributed by atoms with E-state index in [-0.39, 0.29) is 12.5 Å². The van der Waals surface area contributed by atoms with Gasteiger partial charge in [-0.1, -0.05) is 24.3 Å². The van der Waals surface area contributed by atoms with Crippen molar-refractivity contribution in [3.8, 4) is 17.2 Å². The van der Waals surface area contributed by atoms with Crippen molar-refractivity contribution in [3.05, 3.63) is 82.9 Å². The molecule has 0 fully saturated rings. The second kappa shape index (κ2) is 9.83. The van der Waals surface area contributed by atoms with Gasteiger partial charge in [0, 0.05) is 16.8 Å². The van der Waals surface area contributed by atoms with Gasteiger partial charge < -0.3 is 19.5 Å². The maximum absolute atomic E-state index is 12.9. The molecule has 5 nitrogen and oxygen atoms in total. The summed E-state index contributed by atoms with van der Waals surface area (Å²) in [4.78, 5) is 12.9. The molecule has 0 aromatic heterocycles. The van der Waals surface area contributed by atoms with E-state index in [1.54, 1.807) is 19.2 Å². The lowest BCUT2D eigenvalue weighted by atomic mass is 10.1. The SMILES string of the molecule is CCOc1ccc(C(=O)Nc2cc(C)ccc2C)cc1COc1ccccc1OC. The molecule has 3 aromatic carbocycles. The van der Waals surface area contributed by atoms with Crippen LogP contribution in [0.5, 0.6) is 17.2 Å². The number of nitrogens with one attached hydrogen (secondary N) is 1. The molecule has 1 amide bonds. The maximum atomic E-state index is 12.9. The van der Waals surface area contributed by atoms with Crippen LogP contribution < -0.4 is 19.5 Å². The molecular weight excluding hydrogens is 378 g/mol. The van der Waals surface area contributed by atoms with E-state index in [4.69, 9.17) is 14.2 Å². The lowest BCUT2D eigenvalue weighted by molar-refractivity contribution is 0.102. The molecule has 0 heterocycles. The molecule has 0 unspecified atom stereocenters. The van der Waals surface area contributed by atoms with Crippen molar-refractivity contribution in [3.63, 3.8) is 0 Å². The van der Waals surface area contributed by atoms with Crippen LogP contribution in [-0.4, -0.2) is 19.6 Å². The Kier molecular flexibility index (Phi) is 6.96. The van der Waals surface area contributed by atoms with Gasteiger partial charge in [-0.05, 0) is 68.3 Å². The van der Waals surface area contributed by atoms with Gasteiger partial charge in [-0.25, -0.2) is 0 Å². The number of hydrogen-bond acceptors (Lipinski definition) is 4. The van der Waals surface area contributed by atoms with Crippen LogP contribution in [0, 0.1) is 13.8 Å². The number of anilines is 1. The molecule has 0 saturated heterocycles. The third-order valence-corrected chi connectivity index (χ3v) is 4.72. The minimum absolute atomic E-state index is 0.176. The molecule has 1 N–H and O–H groups in total. The first kappa shape index (κ1) is 21.2. The van der Waals surface area contributed by atoms with Crippen molar-refractivity contribution in [2.75, 3.05) is 19.0 Å². The van der Waals surface area contributed by atoms with Gasteiger partial charge in [-0.15, -0.1) is 0 Å². The first-order valence-corrected chi connectivity index (χ1v) is 9.92. The summed E-state index contributed by atoms with van der Waals surface area (Å²) in [5, 5.41) is 3.00. The first-order valence-electron chi connectivity index (χ1n) is 9.92. The number of para-hydroxylation sites is 2. The Labute approximate surface area is 177 Å². The Hall–Kier alpha value is -3.47. The number of carbonyl (C=O) groups is 1. The van der Waals surface area contributed by atoms with Crippen LogP contribution in [0.3, 0.4) is 0 Å². The minimum atomic E-state index is -0.176. The number of rotatable bonds is 8. The molecular formula is C25H27NO4. The van der Waals surface area contributed by atoms with E-state index in [1.165, 1.54) is 0 Å². The van der Waals surface area contributed by atoms with Crippen LogP contribution in [0.4, 0.5) is 5.69 Å². The Morgan fingerprint density at radius 2 is 1.67 bits per heavy atom. The highest BCUT2D eigenvalue weighted by Gasteiger charge is 2.13. The van der Waals surface area contributed by atoms with Gasteiger partial charge in [0.25, 0.3) is 5.91 Å². The average molecular weight is 405 g/mol. The van der Waals surface area contributed by atoms with Crippen LogP contribution >= 0.6 is 0 Å². The van der Waals surface area contributed by atoms with Crippen LogP contribution in [0.2, 0.25) is 0 Å². The summed E-state index contributed by atoms with van der Waals surface area (Å²) in [7, 11) is 1.60. The number of carbonyl (C=O) groups excluding carboxylic acids is 1. The molecule has 156 valence electrons. The Bertz CT molecular complexity index is 1030. The summed E-state index contributed by atoms with van der Waals surface area (Å²) in [6, 6.07) is 18.8. The van der Waals surface area contributed by atoms with Gasteiger partial charge in [-0.2, -0.15) is 0 Å². The number of benzene rings is 3. The summed E-state index contributed by atoms with van der Waals surface area (Å²) in [6.07, 6.45) is 0. The maximum Gasteiger partial charge on any atom is 0.255 e. The van der Waals surface area contributed by atoms with Crippen molar-refractivity contribution < 1.29 is 19.0 Å². The highest BCUT2D eigenvalue weighted by molar-refractivity contribution is 6.04. The van der Waals surface area contributed by atoms with E-state index < -0.39 is 0 Å². The summed E-state index contributed by atoms with van der Waals surface area (Å²) < 4.78 is 17.0. The van der Waals surface area contributed by atoms with E-state index in [2.05, 4.69) is 5.32 Å². The fourth-order valence-electron chi connectivity index (χ4n) is 3.09. The smallest absolute Gasteiger partial charge is 0.255 e. The summed E-state index contributed by atoms with van der Waals surface area (Å²) in [6.45, 7) is 6.67. The standard InChI is InChI=1S/C25H27NO4/c1-5-29-22-13-12-19(25(27)26-21-14-17(2)10-11-18(21)3)15-20(22)16-30-24-9-7-6-8-23(24)28-4/h6-15H,5,16H2,1-4H3,(H,26,27). The minimum Gasteiger partial charge on any atom is -0.493 e. The zero-order chi connectivity index (χ0) is 21.5. The average Bonchev–Trinajstić information content (AvgIpc) is 2.75. The van der Waals surface area contributed by atoms with Crippen molar-refractivity contribution in [2.24, 2.45) is 0 Å². The molecule has 3 rings (SSSR count). The van der Waals surface area contributed by atoms with E-state index in [0.29, 0.717) is 29.4 Å². The Balaban J connectivity index is 1.83. The molecule has 0 aliphatic heterocycles. The predicted octanol–water partition coefficient (Wildman–Crippen LogP) is 5.54. The van der Waals surface area contributed by atoms with Crippen molar-refractivity contribution >= 4 is 11.6 Å². The largest absolute Gasteiger partial charge is 0.493 e. The molecule has 0 saturated carbocycles. The van der Waals surface area contributed by atoms with Gasteiger partial charge >= 0.3 is 0 Å². The third-order valence-electron chi connectivity index (χ3n) is 4.72. The lowest BCUT2D eigenvalue weighted by Gasteiger charge is -2.15. The molecule has 0 aliphatic carbocycles. The van der Waals surface area contributed by atoms with E-state index in [1.807, 2.05) is 69.3 Å². The van der Waals surface area contributed by atoms with Crippen molar-refractivity contribution in [1.29, 1.82) is 0 Å². The molecule has 0 spiro atoms. The lowest BCUT2D eigenvalue weighted by Crippen LogP contribution is -2.14. The number of ether oxygens (including phenoxy) is 3. The second-order valence-corrected chi connectivity index (χ2v) is 6.97. The summed E-state index contributed by atoms with van der Waals surface area (Å²) in [5.41, 5.74) is 4.24. The number of aryl methyl sites for hydroxylation is 2. The number of methoxy groups -OCH3 is 1. The topological polar surface area (TPSA) is 56.8 Å². The molecule has 5 heteroatoms. The first-order chi connectivity index (χ1) is 14.5. The van der Waals surface area contributed by atoms with Gasteiger partial charge in [0.05, 0.1) is 13.7 Å². The molecule has 0 bridgehead atoms. The Morgan fingerprint density at radius 3 is 2.40 bits per heavy atom. The molecule has 30 heavy (non-hydrogen) atoms. The Morgan fingerprint density at radius 1 is 0.900 bits per heavy atom. The highest BCUT2D eigenvalue weighted by atomic mass is 16.5. The van der Waals surface area contributed by atoms with E-state index >= 15 is 0 Å². The van der Waals surface area contributed by atoms with Crippen LogP contribution in [0.15, 0.2) is 60.7 Å². The fraction of sp³-hybridized carbons (Fsp3) is 0.240. The van der Waals surface area contributed by atoms with Crippen LogP contribution in [-0.2, 0) is 6.61 Å². The van der Waals surface area contributed by atoms with Crippen molar-refractivity contribution in [1.82, 2.24) is 0 Å². The zero-order valence-electron chi connectivity index (χ0n) is 17.8. The van der Waals surface area contributed by atoms with E-state index in [0.717, 1.165) is 22.4 Å². The molecule has 0 atom stereocenters. The molecule has 0 radical (unpaired) electrons. The monoisotopic (exact) mass is 405 g/mol. The van der Waals surface area contributed by atoms with Gasteiger partial charge in [0.1, 0.15) is 12.4 Å². The van der Waals surface area contributed by atoms with E-state index in [9.17, 15) is 4.79 Å². The van der Waals surface area contributed by atoms with Gasteiger partial charge in [0.2, 0.25) is 0 Å². The quantitative estimate of drug-likeness (QED) is 0.534. The second-order valence-electron chi connectivity index (χ2n) is 6.97. The van der Waals surface area contributed by atoms with Crippen LogP contribution in [0.1, 0.15) is 34.0 Å². The third kappa shape index (κ3) is 5.11. The summed E-state index contributed by atoms with van der Waals surface area (Å²) in [5.74, 6) is 1.80. The number of hydrogen-bond donors (Lipinski definition) is 1. The molecule has 0 aliphatic rings. The van der Waals surface area contributed by atoms with Gasteiger partial charge in [-0.3, -0.25) is 4.79 Å². The number of amides is 1. The van der Waals surface area contributed by atoms with Crippen molar-refractivity contribution in [2.45, 2.75) is 27.4 Å². The summed E-state index contributed by atoms with van der Waals surface area (Å²) >= 11 is 0. The highest BCUT2D eigenvalue weighted by Crippen LogP contribution is 2.29. The zero-order valence-corrected chi connectivity index (χ0v) is 17.8. The fourth-order valence-corrected chi connectivity index (χ4v) is 3.09. The predicted molar refractivity (Wildman–Crippen MR) is 119 cm³/mol. The van der Waals surface area contributed by atoms with Crippen LogP contribution in [0.25, 0.3) is 0 Å². The van der Waals surface area contributed by atoms with Gasteiger partial charge in [0.15, 0.2) is 11.5 Å². The molecule has 3 aromatic rings. The normalized spacial score (nSPS) is 10.4.